The fourth-order valence-electron chi connectivity index (χ4n) is 4.11. The van der Waals surface area contributed by atoms with E-state index in [0.717, 1.165) is 51.1 Å². The Bertz CT molecular complexity index is 618. The highest BCUT2D eigenvalue weighted by atomic mass is 16.5. The molecule has 26 heavy (non-hydrogen) atoms. The number of aryl methyl sites for hydroxylation is 1. The Morgan fingerprint density at radius 2 is 2.00 bits per heavy atom. The third-order valence-corrected chi connectivity index (χ3v) is 5.76. The topological polar surface area (TPSA) is 50.6 Å². The number of likely N-dealkylation sites (tertiary alicyclic amines) is 1. The van der Waals surface area contributed by atoms with Gasteiger partial charge in [0.25, 0.3) is 0 Å². The lowest BCUT2D eigenvalue weighted by molar-refractivity contribution is 0.0513. The Morgan fingerprint density at radius 3 is 2.65 bits per heavy atom. The maximum atomic E-state index is 12.5. The van der Waals surface area contributed by atoms with Gasteiger partial charge in [-0.1, -0.05) is 13.8 Å². The Hall–Kier alpha value is -1.40. The molecule has 0 unspecified atom stereocenters. The first-order chi connectivity index (χ1) is 12.5. The van der Waals surface area contributed by atoms with Gasteiger partial charge in [-0.15, -0.1) is 0 Å². The van der Waals surface area contributed by atoms with E-state index in [4.69, 9.17) is 4.74 Å². The first kappa shape index (κ1) is 19.4. The molecule has 6 heteroatoms. The number of ether oxygens (including phenoxy) is 1. The standard InChI is InChI=1S/C20H34N4O2/c1-5-26-20(25)19-17-14-23(16-7-10-22(4)11-8-16)12-9-18(17)24(21-19)13-6-15(2)3/h15-16H,5-14H2,1-4H3. The van der Waals surface area contributed by atoms with E-state index in [-0.39, 0.29) is 5.97 Å². The van der Waals surface area contributed by atoms with Crippen LogP contribution in [0.25, 0.3) is 0 Å². The number of piperidine rings is 1. The van der Waals surface area contributed by atoms with Crippen LogP contribution in [0.1, 0.15) is 61.8 Å². The van der Waals surface area contributed by atoms with Crippen LogP contribution in [0.3, 0.4) is 0 Å². The molecule has 0 aromatic carbocycles. The van der Waals surface area contributed by atoms with Gasteiger partial charge in [-0.3, -0.25) is 9.58 Å². The second kappa shape index (κ2) is 8.53. The molecule has 0 aliphatic carbocycles. The fraction of sp³-hybridized carbons (Fsp3) is 0.800. The van der Waals surface area contributed by atoms with Crippen molar-refractivity contribution in [1.82, 2.24) is 19.6 Å². The molecule has 0 radical (unpaired) electrons. The molecule has 0 spiro atoms. The summed E-state index contributed by atoms with van der Waals surface area (Å²) >= 11 is 0. The van der Waals surface area contributed by atoms with Crippen molar-refractivity contribution >= 4 is 5.97 Å². The highest BCUT2D eigenvalue weighted by molar-refractivity contribution is 5.89. The van der Waals surface area contributed by atoms with Gasteiger partial charge in [0.15, 0.2) is 5.69 Å². The SMILES string of the molecule is CCOC(=O)c1nn(CCC(C)C)c2c1CN(C1CCN(C)CC1)CC2. The molecule has 0 bridgehead atoms. The van der Waals surface area contributed by atoms with Gasteiger partial charge >= 0.3 is 5.97 Å². The quantitative estimate of drug-likeness (QED) is 0.728. The van der Waals surface area contributed by atoms with Crippen molar-refractivity contribution in [2.75, 3.05) is 33.3 Å². The minimum Gasteiger partial charge on any atom is -0.461 e. The second-order valence-corrected chi connectivity index (χ2v) is 8.15. The van der Waals surface area contributed by atoms with Gasteiger partial charge in [-0.05, 0) is 52.2 Å². The van der Waals surface area contributed by atoms with Gasteiger partial charge < -0.3 is 9.64 Å². The van der Waals surface area contributed by atoms with Crippen LogP contribution in [0.4, 0.5) is 0 Å². The van der Waals surface area contributed by atoms with Crippen LogP contribution in [0, 0.1) is 5.92 Å². The third kappa shape index (κ3) is 4.29. The lowest BCUT2D eigenvalue weighted by Crippen LogP contribution is -2.45. The predicted octanol–water partition coefficient (Wildman–Crippen LogP) is 2.56. The Balaban J connectivity index is 1.80. The molecule has 3 rings (SSSR count). The van der Waals surface area contributed by atoms with Crippen LogP contribution in [-0.4, -0.2) is 64.9 Å². The van der Waals surface area contributed by atoms with Gasteiger partial charge in [-0.25, -0.2) is 4.79 Å². The van der Waals surface area contributed by atoms with Gasteiger partial charge in [0.1, 0.15) is 0 Å². The molecule has 0 N–H and O–H groups in total. The molecule has 1 fully saturated rings. The van der Waals surface area contributed by atoms with Crippen LogP contribution in [0.5, 0.6) is 0 Å². The number of esters is 1. The van der Waals surface area contributed by atoms with Crippen molar-refractivity contribution in [2.45, 2.75) is 65.6 Å². The number of carbonyl (C=O) groups excluding carboxylic acids is 1. The predicted molar refractivity (Wildman–Crippen MR) is 102 cm³/mol. The van der Waals surface area contributed by atoms with Crippen molar-refractivity contribution in [3.63, 3.8) is 0 Å². The molecule has 6 nitrogen and oxygen atoms in total. The zero-order valence-corrected chi connectivity index (χ0v) is 16.8. The van der Waals surface area contributed by atoms with E-state index in [1.165, 1.54) is 18.5 Å². The van der Waals surface area contributed by atoms with Crippen LogP contribution >= 0.6 is 0 Å². The molecule has 2 aliphatic heterocycles. The molecule has 1 aromatic rings. The van der Waals surface area contributed by atoms with Crippen LogP contribution < -0.4 is 0 Å². The van der Waals surface area contributed by atoms with Crippen molar-refractivity contribution in [3.05, 3.63) is 17.0 Å². The molecule has 1 aromatic heterocycles. The zero-order chi connectivity index (χ0) is 18.7. The highest BCUT2D eigenvalue weighted by Gasteiger charge is 2.32. The fourth-order valence-corrected chi connectivity index (χ4v) is 4.11. The average Bonchev–Trinajstić information content (AvgIpc) is 2.99. The highest BCUT2D eigenvalue weighted by Crippen LogP contribution is 2.28. The van der Waals surface area contributed by atoms with Crippen molar-refractivity contribution in [2.24, 2.45) is 5.92 Å². The summed E-state index contributed by atoms with van der Waals surface area (Å²) in [5.74, 6) is 0.359. The van der Waals surface area contributed by atoms with Crippen LogP contribution in [0.15, 0.2) is 0 Å². The summed E-state index contributed by atoms with van der Waals surface area (Å²) in [6.07, 6.45) is 4.48. The second-order valence-electron chi connectivity index (χ2n) is 8.15. The number of carbonyl (C=O) groups is 1. The Kier molecular flexibility index (Phi) is 6.35. The Labute approximate surface area is 157 Å². The number of nitrogens with zero attached hydrogens (tertiary/aromatic N) is 4. The van der Waals surface area contributed by atoms with Crippen molar-refractivity contribution < 1.29 is 9.53 Å². The van der Waals surface area contributed by atoms with Gasteiger partial charge in [0.2, 0.25) is 0 Å². The molecule has 3 heterocycles. The van der Waals surface area contributed by atoms with E-state index in [1.807, 2.05) is 6.92 Å². The number of aromatic nitrogens is 2. The molecule has 2 aliphatic rings. The summed E-state index contributed by atoms with van der Waals surface area (Å²) in [4.78, 5) is 17.4. The smallest absolute Gasteiger partial charge is 0.359 e. The maximum absolute atomic E-state index is 12.5. The average molecular weight is 363 g/mol. The van der Waals surface area contributed by atoms with E-state index >= 15 is 0 Å². The molecule has 0 atom stereocenters. The summed E-state index contributed by atoms with van der Waals surface area (Å²) in [6.45, 7) is 11.8. The van der Waals surface area contributed by atoms with Crippen molar-refractivity contribution in [3.8, 4) is 0 Å². The van der Waals surface area contributed by atoms with E-state index in [0.29, 0.717) is 24.3 Å². The molecular formula is C20H34N4O2. The van der Waals surface area contributed by atoms with Gasteiger partial charge in [0.05, 0.1) is 6.61 Å². The lowest BCUT2D eigenvalue weighted by Gasteiger charge is -2.39. The molecule has 1 saturated heterocycles. The summed E-state index contributed by atoms with van der Waals surface area (Å²) in [7, 11) is 2.20. The molecule has 146 valence electrons. The first-order valence-electron chi connectivity index (χ1n) is 10.2. The van der Waals surface area contributed by atoms with E-state index in [1.54, 1.807) is 0 Å². The van der Waals surface area contributed by atoms with Gasteiger partial charge in [-0.2, -0.15) is 5.10 Å². The summed E-state index contributed by atoms with van der Waals surface area (Å²) in [6, 6.07) is 0.619. The third-order valence-electron chi connectivity index (χ3n) is 5.76. The van der Waals surface area contributed by atoms with Gasteiger partial charge in [0, 0.05) is 43.4 Å². The van der Waals surface area contributed by atoms with Crippen molar-refractivity contribution in [1.29, 1.82) is 0 Å². The summed E-state index contributed by atoms with van der Waals surface area (Å²) in [5, 5.41) is 4.68. The molecular weight excluding hydrogens is 328 g/mol. The molecule has 0 saturated carbocycles. The zero-order valence-electron chi connectivity index (χ0n) is 16.8. The minimum atomic E-state index is -0.266. The number of rotatable bonds is 6. The number of hydrogen-bond acceptors (Lipinski definition) is 5. The largest absolute Gasteiger partial charge is 0.461 e. The van der Waals surface area contributed by atoms with E-state index in [2.05, 4.69) is 40.5 Å². The molecule has 0 amide bonds. The summed E-state index contributed by atoms with van der Waals surface area (Å²) in [5.41, 5.74) is 2.90. The van der Waals surface area contributed by atoms with Crippen LogP contribution in [0.2, 0.25) is 0 Å². The van der Waals surface area contributed by atoms with E-state index < -0.39 is 0 Å². The monoisotopic (exact) mass is 362 g/mol. The van der Waals surface area contributed by atoms with E-state index in [9.17, 15) is 4.79 Å². The maximum Gasteiger partial charge on any atom is 0.359 e. The normalized spacial score (nSPS) is 19.7. The number of hydrogen-bond donors (Lipinski definition) is 0. The number of fused-ring (bicyclic) bond motifs is 1. The first-order valence-corrected chi connectivity index (χ1v) is 10.2. The van der Waals surface area contributed by atoms with Crippen LogP contribution in [-0.2, 0) is 24.2 Å². The lowest BCUT2D eigenvalue weighted by atomic mass is 9.98. The minimum absolute atomic E-state index is 0.266. The summed E-state index contributed by atoms with van der Waals surface area (Å²) < 4.78 is 7.36. The Morgan fingerprint density at radius 1 is 1.27 bits per heavy atom.